The third-order valence-electron chi connectivity index (χ3n) is 1.64. The molecule has 16 heavy (non-hydrogen) atoms. The number of nitrogens with zero attached hydrogens (tertiary/aromatic N) is 1. The topological polar surface area (TPSA) is 115 Å². The number of halogens is 1. The first-order valence-corrected chi connectivity index (χ1v) is 4.34. The van der Waals surface area contributed by atoms with Crippen molar-refractivity contribution in [2.45, 2.75) is 0 Å². The van der Waals surface area contributed by atoms with Gasteiger partial charge in [0.05, 0.1) is 15.5 Å². The lowest BCUT2D eigenvalue weighted by molar-refractivity contribution is -0.384. The number of nitro benzene ring substituents is 1. The average molecular weight is 244 g/mol. The normalized spacial score (nSPS) is 9.56. The van der Waals surface area contributed by atoms with E-state index < -0.39 is 16.9 Å². The molecular weight excluding hydrogens is 238 g/mol. The largest absolute Gasteiger partial charge is 0.351 e. The van der Waals surface area contributed by atoms with Crippen LogP contribution in [-0.4, -0.2) is 16.9 Å². The van der Waals surface area contributed by atoms with Crippen LogP contribution < -0.4 is 11.1 Å². The van der Waals surface area contributed by atoms with Crippen LogP contribution >= 0.6 is 11.6 Å². The van der Waals surface area contributed by atoms with Crippen LogP contribution in [0.5, 0.6) is 0 Å². The summed E-state index contributed by atoms with van der Waals surface area (Å²) in [5, 5.41) is 12.2. The zero-order valence-corrected chi connectivity index (χ0v) is 8.52. The van der Waals surface area contributed by atoms with Crippen molar-refractivity contribution in [3.05, 3.63) is 38.9 Å². The molecule has 0 bridgehead atoms. The molecule has 0 heterocycles. The Labute approximate surface area is 94.3 Å². The van der Waals surface area contributed by atoms with E-state index in [0.717, 1.165) is 12.1 Å². The van der Waals surface area contributed by atoms with Crippen molar-refractivity contribution >= 4 is 29.2 Å². The zero-order valence-electron chi connectivity index (χ0n) is 7.77. The number of carbonyl (C=O) groups excluding carboxylic acids is 2. The minimum atomic E-state index is -1.06. The second kappa shape index (κ2) is 4.58. The number of amides is 3. The fraction of sp³-hybridized carbons (Fsp3) is 0. The Balaban J connectivity index is 3.11. The summed E-state index contributed by atoms with van der Waals surface area (Å²) < 4.78 is 0. The van der Waals surface area contributed by atoms with Crippen LogP contribution in [0, 0.1) is 10.1 Å². The molecule has 7 nitrogen and oxygen atoms in total. The Hall–Kier alpha value is -2.15. The van der Waals surface area contributed by atoms with Crippen molar-refractivity contribution < 1.29 is 14.5 Å². The van der Waals surface area contributed by atoms with Gasteiger partial charge in [-0.1, -0.05) is 11.6 Å². The number of urea groups is 1. The van der Waals surface area contributed by atoms with Crippen molar-refractivity contribution in [2.75, 3.05) is 0 Å². The van der Waals surface area contributed by atoms with E-state index in [0.29, 0.717) is 0 Å². The number of benzene rings is 1. The number of primary amides is 1. The zero-order chi connectivity index (χ0) is 12.3. The average Bonchev–Trinajstić information content (AvgIpc) is 2.16. The Morgan fingerprint density at radius 1 is 1.44 bits per heavy atom. The molecule has 0 aromatic heterocycles. The standard InChI is InChI=1S/C8H6ClN3O4/c9-6-2-1-4(12(15)16)3-5(6)7(13)11-8(10)14/h1-3H,(H3,10,11,13,14). The summed E-state index contributed by atoms with van der Waals surface area (Å²) in [5.74, 6) is -0.888. The smallest absolute Gasteiger partial charge is 0.319 e. The maximum atomic E-state index is 11.3. The first-order valence-electron chi connectivity index (χ1n) is 3.96. The van der Waals surface area contributed by atoms with Gasteiger partial charge in [-0.25, -0.2) is 4.79 Å². The highest BCUT2D eigenvalue weighted by atomic mass is 35.5. The van der Waals surface area contributed by atoms with Gasteiger partial charge in [0, 0.05) is 12.1 Å². The van der Waals surface area contributed by atoms with E-state index in [4.69, 9.17) is 17.3 Å². The Morgan fingerprint density at radius 2 is 2.06 bits per heavy atom. The molecule has 1 aromatic carbocycles. The Bertz CT molecular complexity index is 474. The number of imide groups is 1. The molecule has 0 aliphatic rings. The molecule has 0 atom stereocenters. The van der Waals surface area contributed by atoms with Crippen molar-refractivity contribution in [2.24, 2.45) is 5.73 Å². The lowest BCUT2D eigenvalue weighted by atomic mass is 10.2. The summed E-state index contributed by atoms with van der Waals surface area (Å²) in [5.41, 5.74) is 4.24. The minimum absolute atomic E-state index is 0.00986. The van der Waals surface area contributed by atoms with E-state index in [9.17, 15) is 19.7 Å². The van der Waals surface area contributed by atoms with Gasteiger partial charge < -0.3 is 5.73 Å². The number of non-ortho nitro benzene ring substituents is 1. The van der Waals surface area contributed by atoms with Crippen LogP contribution in [0.25, 0.3) is 0 Å². The second-order valence-electron chi connectivity index (χ2n) is 2.74. The maximum Gasteiger partial charge on any atom is 0.319 e. The monoisotopic (exact) mass is 243 g/mol. The quantitative estimate of drug-likeness (QED) is 0.597. The molecule has 84 valence electrons. The van der Waals surface area contributed by atoms with E-state index in [-0.39, 0.29) is 16.3 Å². The predicted octanol–water partition coefficient (Wildman–Crippen LogP) is 1.06. The summed E-state index contributed by atoms with van der Waals surface area (Å²) in [6.45, 7) is 0. The molecule has 0 spiro atoms. The molecule has 1 rings (SSSR count). The van der Waals surface area contributed by atoms with Crippen LogP contribution in [0.2, 0.25) is 5.02 Å². The second-order valence-corrected chi connectivity index (χ2v) is 3.15. The molecule has 0 saturated carbocycles. The van der Waals surface area contributed by atoms with E-state index in [1.807, 2.05) is 0 Å². The lowest BCUT2D eigenvalue weighted by Crippen LogP contribution is -2.35. The van der Waals surface area contributed by atoms with Crippen molar-refractivity contribution in [1.29, 1.82) is 0 Å². The number of nitro groups is 1. The van der Waals surface area contributed by atoms with Gasteiger partial charge in [-0.2, -0.15) is 0 Å². The van der Waals surface area contributed by atoms with Crippen molar-refractivity contribution in [1.82, 2.24) is 5.32 Å². The summed E-state index contributed by atoms with van der Waals surface area (Å²) in [4.78, 5) is 31.5. The van der Waals surface area contributed by atoms with E-state index in [1.165, 1.54) is 6.07 Å². The first kappa shape index (κ1) is 11.9. The first-order chi connectivity index (χ1) is 7.41. The van der Waals surface area contributed by atoms with Gasteiger partial charge in [0.25, 0.3) is 11.6 Å². The summed E-state index contributed by atoms with van der Waals surface area (Å²) >= 11 is 5.64. The van der Waals surface area contributed by atoms with Crippen LogP contribution in [0.1, 0.15) is 10.4 Å². The van der Waals surface area contributed by atoms with E-state index in [1.54, 1.807) is 5.32 Å². The highest BCUT2D eigenvalue weighted by Gasteiger charge is 2.16. The predicted molar refractivity (Wildman–Crippen MR) is 55.2 cm³/mol. The van der Waals surface area contributed by atoms with Gasteiger partial charge in [-0.05, 0) is 6.07 Å². The number of nitrogens with two attached hydrogens (primary N) is 1. The van der Waals surface area contributed by atoms with Crippen LogP contribution in [0.15, 0.2) is 18.2 Å². The molecule has 3 amide bonds. The highest BCUT2D eigenvalue weighted by molar-refractivity contribution is 6.34. The van der Waals surface area contributed by atoms with Gasteiger partial charge >= 0.3 is 6.03 Å². The fourth-order valence-corrected chi connectivity index (χ4v) is 1.18. The molecule has 0 unspecified atom stereocenters. The third-order valence-corrected chi connectivity index (χ3v) is 1.97. The van der Waals surface area contributed by atoms with Crippen molar-refractivity contribution in [3.63, 3.8) is 0 Å². The SMILES string of the molecule is NC(=O)NC(=O)c1cc([N+](=O)[O-])ccc1Cl. The highest BCUT2D eigenvalue weighted by Crippen LogP contribution is 2.21. The maximum absolute atomic E-state index is 11.3. The van der Waals surface area contributed by atoms with Crippen molar-refractivity contribution in [3.8, 4) is 0 Å². The summed E-state index contributed by atoms with van der Waals surface area (Å²) in [6, 6.07) is 2.23. The van der Waals surface area contributed by atoms with Crippen LogP contribution in [0.3, 0.4) is 0 Å². The fourth-order valence-electron chi connectivity index (χ4n) is 0.980. The molecule has 0 aliphatic carbocycles. The van der Waals surface area contributed by atoms with Gasteiger partial charge in [0.1, 0.15) is 0 Å². The van der Waals surface area contributed by atoms with E-state index in [2.05, 4.69) is 0 Å². The number of hydrogen-bond acceptors (Lipinski definition) is 4. The number of nitrogens with one attached hydrogen (secondary N) is 1. The molecule has 0 fully saturated rings. The van der Waals surface area contributed by atoms with Gasteiger partial charge in [-0.15, -0.1) is 0 Å². The molecule has 3 N–H and O–H groups in total. The lowest BCUT2D eigenvalue weighted by Gasteiger charge is -2.02. The van der Waals surface area contributed by atoms with Crippen LogP contribution in [-0.2, 0) is 0 Å². The Kier molecular flexibility index (Phi) is 3.41. The minimum Gasteiger partial charge on any atom is -0.351 e. The van der Waals surface area contributed by atoms with Gasteiger partial charge in [0.15, 0.2) is 0 Å². The molecule has 0 radical (unpaired) electrons. The number of hydrogen-bond donors (Lipinski definition) is 2. The van der Waals surface area contributed by atoms with Crippen LogP contribution in [0.4, 0.5) is 10.5 Å². The molecule has 0 aliphatic heterocycles. The molecule has 1 aromatic rings. The number of carbonyl (C=O) groups is 2. The third kappa shape index (κ3) is 2.67. The van der Waals surface area contributed by atoms with Gasteiger partial charge in [-0.3, -0.25) is 20.2 Å². The van der Waals surface area contributed by atoms with Gasteiger partial charge in [0.2, 0.25) is 0 Å². The summed E-state index contributed by atoms with van der Waals surface area (Å²) in [7, 11) is 0. The molecular formula is C8H6ClN3O4. The molecule has 8 heteroatoms. The Morgan fingerprint density at radius 3 is 2.56 bits per heavy atom. The molecule has 0 saturated heterocycles. The summed E-state index contributed by atoms with van der Waals surface area (Å²) in [6.07, 6.45) is 0. The van der Waals surface area contributed by atoms with E-state index >= 15 is 0 Å². The number of rotatable bonds is 2.